The molecule has 2 saturated heterocycles. The van der Waals surface area contributed by atoms with Crippen molar-refractivity contribution in [2.45, 2.75) is 84.9 Å². The lowest BCUT2D eigenvalue weighted by Crippen LogP contribution is -2.62. The maximum Gasteiger partial charge on any atom is 0.232 e. The highest BCUT2D eigenvalue weighted by atomic mass is 16.8. The first-order valence-corrected chi connectivity index (χ1v) is 8.93. The van der Waals surface area contributed by atoms with Gasteiger partial charge in [0, 0.05) is 17.8 Å². The second-order valence-electron chi connectivity index (χ2n) is 9.17. The minimum Gasteiger partial charge on any atom is -0.465 e. The Morgan fingerprint density at radius 2 is 1.86 bits per heavy atom. The average Bonchev–Trinajstić information content (AvgIpc) is 2.62. The minimum atomic E-state index is -0.454. The zero-order chi connectivity index (χ0) is 15.9. The van der Waals surface area contributed by atoms with Gasteiger partial charge in [0.15, 0.2) is 5.79 Å². The molecule has 0 aromatic carbocycles. The molecule has 1 spiro atoms. The summed E-state index contributed by atoms with van der Waals surface area (Å²) in [6, 6.07) is 0. The first-order valence-electron chi connectivity index (χ1n) is 8.93. The molecule has 0 unspecified atom stereocenters. The third kappa shape index (κ3) is 1.76. The zero-order valence-corrected chi connectivity index (χ0v) is 14.9. The fourth-order valence-corrected chi connectivity index (χ4v) is 5.65. The van der Waals surface area contributed by atoms with Gasteiger partial charge in [0.05, 0.1) is 0 Å². The molecule has 2 bridgehead atoms. The van der Waals surface area contributed by atoms with Crippen LogP contribution in [0.2, 0.25) is 0 Å². The molecular formula is C19H30O3. The Bertz CT molecular complexity index is 531. The largest absolute Gasteiger partial charge is 0.465 e. The third-order valence-corrected chi connectivity index (χ3v) is 6.54. The SMILES string of the molecule is CC1=C(C(C)(C)C)O[C@@H]2O[C@]3(C)CC[C@H]4[C@H](C)CC[C@@H]1[C@@]24O3. The predicted octanol–water partition coefficient (Wildman–Crippen LogP) is 4.62. The zero-order valence-electron chi connectivity index (χ0n) is 14.9. The standard InChI is InChI=1S/C19H30O3/c1-11-7-8-14-12(2)15(17(3,4)5)20-16-19(14)13(11)9-10-18(6,21-16)22-19/h11,13-14,16H,7-10H2,1-6H3/t11-,13+,14+,16-,18+,19-/m1/s1. The van der Waals surface area contributed by atoms with E-state index in [9.17, 15) is 0 Å². The molecule has 3 heteroatoms. The fraction of sp³-hybridized carbons (Fsp3) is 0.895. The topological polar surface area (TPSA) is 27.7 Å². The average molecular weight is 306 g/mol. The van der Waals surface area contributed by atoms with Gasteiger partial charge in [-0.05, 0) is 50.5 Å². The fourth-order valence-electron chi connectivity index (χ4n) is 5.65. The first-order chi connectivity index (χ1) is 10.2. The molecule has 0 radical (unpaired) electrons. The van der Waals surface area contributed by atoms with E-state index in [0.717, 1.165) is 12.2 Å². The molecule has 3 fully saturated rings. The molecule has 0 amide bonds. The van der Waals surface area contributed by atoms with Crippen LogP contribution >= 0.6 is 0 Å². The molecule has 4 rings (SSSR count). The van der Waals surface area contributed by atoms with Crippen molar-refractivity contribution in [3.63, 3.8) is 0 Å². The van der Waals surface area contributed by atoms with Gasteiger partial charge in [-0.3, -0.25) is 0 Å². The molecule has 4 aliphatic rings. The molecule has 3 aliphatic heterocycles. The van der Waals surface area contributed by atoms with E-state index in [-0.39, 0.29) is 17.3 Å². The molecule has 1 saturated carbocycles. The normalized spacial score (nSPS) is 50.6. The number of ether oxygens (including phenoxy) is 3. The Balaban J connectivity index is 1.85. The molecule has 22 heavy (non-hydrogen) atoms. The van der Waals surface area contributed by atoms with Crippen molar-refractivity contribution in [1.29, 1.82) is 0 Å². The van der Waals surface area contributed by atoms with Crippen LogP contribution in [0, 0.1) is 23.2 Å². The van der Waals surface area contributed by atoms with E-state index in [2.05, 4.69) is 41.5 Å². The summed E-state index contributed by atoms with van der Waals surface area (Å²) in [7, 11) is 0. The number of allylic oxidation sites excluding steroid dienone is 1. The third-order valence-electron chi connectivity index (χ3n) is 6.54. The summed E-state index contributed by atoms with van der Waals surface area (Å²) < 4.78 is 19.5. The maximum atomic E-state index is 6.66. The van der Waals surface area contributed by atoms with E-state index in [0.29, 0.717) is 17.8 Å². The lowest BCUT2D eigenvalue weighted by Gasteiger charge is -2.56. The lowest BCUT2D eigenvalue weighted by molar-refractivity contribution is -0.244. The summed E-state index contributed by atoms with van der Waals surface area (Å²) in [6.45, 7) is 13.4. The molecule has 6 atom stereocenters. The van der Waals surface area contributed by atoms with Gasteiger partial charge in [0.2, 0.25) is 6.29 Å². The highest BCUT2D eigenvalue weighted by molar-refractivity contribution is 5.28. The van der Waals surface area contributed by atoms with E-state index in [1.54, 1.807) is 0 Å². The number of hydrogen-bond acceptors (Lipinski definition) is 3. The monoisotopic (exact) mass is 306 g/mol. The molecule has 0 N–H and O–H groups in total. The van der Waals surface area contributed by atoms with Gasteiger partial charge in [-0.2, -0.15) is 0 Å². The summed E-state index contributed by atoms with van der Waals surface area (Å²) in [4.78, 5) is 0. The van der Waals surface area contributed by atoms with Crippen LogP contribution in [0.15, 0.2) is 11.3 Å². The predicted molar refractivity (Wildman–Crippen MR) is 84.9 cm³/mol. The van der Waals surface area contributed by atoms with E-state index >= 15 is 0 Å². The van der Waals surface area contributed by atoms with Crippen molar-refractivity contribution in [2.75, 3.05) is 0 Å². The molecule has 0 aromatic heterocycles. The molecule has 1 aliphatic carbocycles. The van der Waals surface area contributed by atoms with Gasteiger partial charge in [-0.15, -0.1) is 0 Å². The molecule has 3 nitrogen and oxygen atoms in total. The quantitative estimate of drug-likeness (QED) is 0.653. The van der Waals surface area contributed by atoms with Gasteiger partial charge in [0.1, 0.15) is 11.4 Å². The highest BCUT2D eigenvalue weighted by Crippen LogP contribution is 2.63. The van der Waals surface area contributed by atoms with Gasteiger partial charge in [-0.25, -0.2) is 0 Å². The van der Waals surface area contributed by atoms with Gasteiger partial charge >= 0.3 is 0 Å². The lowest BCUT2D eigenvalue weighted by atomic mass is 9.58. The van der Waals surface area contributed by atoms with Crippen LogP contribution in [0.1, 0.15) is 67.2 Å². The maximum absolute atomic E-state index is 6.66. The van der Waals surface area contributed by atoms with Gasteiger partial charge in [0.25, 0.3) is 0 Å². The summed E-state index contributed by atoms with van der Waals surface area (Å²) in [5.74, 6) is 2.37. The van der Waals surface area contributed by atoms with Crippen molar-refractivity contribution >= 4 is 0 Å². The smallest absolute Gasteiger partial charge is 0.232 e. The van der Waals surface area contributed by atoms with Crippen LogP contribution in [0.25, 0.3) is 0 Å². The number of hydrogen-bond donors (Lipinski definition) is 0. The first kappa shape index (κ1) is 15.0. The summed E-state index contributed by atoms with van der Waals surface area (Å²) >= 11 is 0. The minimum absolute atomic E-state index is 0.0191. The van der Waals surface area contributed by atoms with Crippen molar-refractivity contribution in [3.8, 4) is 0 Å². The Kier molecular flexibility index (Phi) is 2.93. The van der Waals surface area contributed by atoms with Crippen LogP contribution < -0.4 is 0 Å². The van der Waals surface area contributed by atoms with Crippen molar-refractivity contribution in [2.24, 2.45) is 23.2 Å². The van der Waals surface area contributed by atoms with Crippen molar-refractivity contribution < 1.29 is 14.2 Å². The Morgan fingerprint density at radius 3 is 2.55 bits per heavy atom. The summed E-state index contributed by atoms with van der Waals surface area (Å²) in [5.41, 5.74) is 1.17. The number of fused-ring (bicyclic) bond motifs is 1. The summed E-state index contributed by atoms with van der Waals surface area (Å²) in [6.07, 6.45) is 4.45. The second-order valence-corrected chi connectivity index (χ2v) is 9.17. The molecule has 124 valence electrons. The Morgan fingerprint density at radius 1 is 1.14 bits per heavy atom. The van der Waals surface area contributed by atoms with E-state index in [4.69, 9.17) is 14.2 Å². The van der Waals surface area contributed by atoms with Crippen LogP contribution in [-0.2, 0) is 14.2 Å². The van der Waals surface area contributed by atoms with Crippen LogP contribution in [0.3, 0.4) is 0 Å². The molecule has 0 aromatic rings. The number of rotatable bonds is 0. The van der Waals surface area contributed by atoms with Gasteiger partial charge in [-0.1, -0.05) is 27.7 Å². The van der Waals surface area contributed by atoms with Crippen LogP contribution in [0.5, 0.6) is 0 Å². The Hall–Kier alpha value is -0.540. The summed E-state index contributed by atoms with van der Waals surface area (Å²) in [5, 5.41) is 0. The second kappa shape index (κ2) is 4.30. The Labute approximate surface area is 134 Å². The van der Waals surface area contributed by atoms with Crippen LogP contribution in [-0.4, -0.2) is 17.7 Å². The highest BCUT2D eigenvalue weighted by Gasteiger charge is 2.70. The van der Waals surface area contributed by atoms with Crippen LogP contribution in [0.4, 0.5) is 0 Å². The van der Waals surface area contributed by atoms with Crippen molar-refractivity contribution in [3.05, 3.63) is 11.3 Å². The molecule has 3 heterocycles. The van der Waals surface area contributed by atoms with Crippen molar-refractivity contribution in [1.82, 2.24) is 0 Å². The van der Waals surface area contributed by atoms with E-state index in [1.807, 2.05) is 0 Å². The van der Waals surface area contributed by atoms with E-state index < -0.39 is 5.79 Å². The molecular weight excluding hydrogens is 276 g/mol. The van der Waals surface area contributed by atoms with E-state index in [1.165, 1.54) is 24.8 Å². The van der Waals surface area contributed by atoms with Gasteiger partial charge < -0.3 is 14.2 Å².